The Bertz CT molecular complexity index is 889. The average molecular weight is 437 g/mol. The predicted octanol–water partition coefficient (Wildman–Crippen LogP) is 2.52. The van der Waals surface area contributed by atoms with E-state index in [-0.39, 0.29) is 42.4 Å². The zero-order valence-corrected chi connectivity index (χ0v) is 17.7. The molecule has 30 heavy (non-hydrogen) atoms. The minimum absolute atomic E-state index is 0. The van der Waals surface area contributed by atoms with Crippen LogP contribution in [0.3, 0.4) is 0 Å². The topological polar surface area (TPSA) is 80.7 Å². The number of ether oxygens (including phenoxy) is 4. The van der Waals surface area contributed by atoms with Crippen molar-refractivity contribution in [2.24, 2.45) is 0 Å². The van der Waals surface area contributed by atoms with Crippen molar-refractivity contribution in [3.8, 4) is 28.7 Å². The fourth-order valence-corrected chi connectivity index (χ4v) is 3.61. The second-order valence-corrected chi connectivity index (χ2v) is 6.99. The molecule has 2 aliphatic heterocycles. The van der Waals surface area contributed by atoms with Gasteiger partial charge in [0.2, 0.25) is 12.5 Å². The Balaban J connectivity index is 0.00000256. The van der Waals surface area contributed by atoms with Gasteiger partial charge in [-0.25, -0.2) is 0 Å². The van der Waals surface area contributed by atoms with Gasteiger partial charge in [-0.05, 0) is 29.8 Å². The van der Waals surface area contributed by atoms with Crippen molar-refractivity contribution in [1.82, 2.24) is 9.80 Å². The number of nitrogens with zero attached hydrogens (tertiary/aromatic N) is 2. The summed E-state index contributed by atoms with van der Waals surface area (Å²) in [4.78, 5) is 17.0. The summed E-state index contributed by atoms with van der Waals surface area (Å²) in [5.41, 5.74) is 1.59. The van der Waals surface area contributed by atoms with E-state index in [4.69, 9.17) is 18.9 Å². The van der Waals surface area contributed by atoms with Crippen LogP contribution in [0.4, 0.5) is 0 Å². The largest absolute Gasteiger partial charge is 0.502 e. The van der Waals surface area contributed by atoms with E-state index in [0.717, 1.165) is 36.7 Å². The Morgan fingerprint density at radius 1 is 1.00 bits per heavy atom. The van der Waals surface area contributed by atoms with Gasteiger partial charge in [0, 0.05) is 38.3 Å². The first-order chi connectivity index (χ1) is 14.1. The molecule has 0 saturated carbocycles. The van der Waals surface area contributed by atoms with Crippen molar-refractivity contribution >= 4 is 18.3 Å². The Morgan fingerprint density at radius 2 is 1.63 bits per heavy atom. The number of phenolic OH excluding ortho intramolecular Hbond substituents is 1. The molecule has 0 atom stereocenters. The molecule has 1 amide bonds. The molecular weight excluding hydrogens is 412 g/mol. The first kappa shape index (κ1) is 21.9. The molecule has 2 heterocycles. The van der Waals surface area contributed by atoms with Crippen LogP contribution in [0.5, 0.6) is 28.7 Å². The fraction of sp³-hybridized carbons (Fsp3) is 0.381. The summed E-state index contributed by atoms with van der Waals surface area (Å²) in [6.07, 6.45) is 0. The van der Waals surface area contributed by atoms with Crippen molar-refractivity contribution in [1.29, 1.82) is 0 Å². The highest BCUT2D eigenvalue weighted by Crippen LogP contribution is 2.37. The van der Waals surface area contributed by atoms with Gasteiger partial charge in [0.1, 0.15) is 0 Å². The van der Waals surface area contributed by atoms with Crippen LogP contribution in [0.2, 0.25) is 0 Å². The molecule has 0 aliphatic carbocycles. The molecule has 0 radical (unpaired) electrons. The van der Waals surface area contributed by atoms with Gasteiger partial charge < -0.3 is 29.0 Å². The van der Waals surface area contributed by atoms with E-state index in [9.17, 15) is 9.90 Å². The molecule has 0 bridgehead atoms. The van der Waals surface area contributed by atoms with E-state index in [1.165, 1.54) is 14.2 Å². The predicted molar refractivity (Wildman–Crippen MR) is 112 cm³/mol. The molecule has 2 aromatic rings. The van der Waals surface area contributed by atoms with Crippen LogP contribution >= 0.6 is 12.4 Å². The summed E-state index contributed by atoms with van der Waals surface area (Å²) in [6.45, 7) is 3.84. The van der Waals surface area contributed by atoms with Gasteiger partial charge in [-0.2, -0.15) is 0 Å². The number of methoxy groups -OCH3 is 2. The molecule has 1 N–H and O–H groups in total. The summed E-state index contributed by atoms with van der Waals surface area (Å²) in [7, 11) is 2.88. The molecule has 2 aromatic carbocycles. The van der Waals surface area contributed by atoms with Gasteiger partial charge in [0.25, 0.3) is 5.91 Å². The number of halogens is 1. The van der Waals surface area contributed by atoms with Crippen molar-refractivity contribution in [3.63, 3.8) is 0 Å². The van der Waals surface area contributed by atoms with E-state index in [0.29, 0.717) is 18.7 Å². The van der Waals surface area contributed by atoms with Crippen molar-refractivity contribution in [2.45, 2.75) is 6.54 Å². The molecule has 0 unspecified atom stereocenters. The lowest BCUT2D eigenvalue weighted by molar-refractivity contribution is 0.0627. The van der Waals surface area contributed by atoms with Crippen LogP contribution in [0.15, 0.2) is 30.3 Å². The number of fused-ring (bicyclic) bond motifs is 1. The summed E-state index contributed by atoms with van der Waals surface area (Å²) in [5.74, 6) is 1.78. The Hall–Kier alpha value is -2.84. The lowest BCUT2D eigenvalue weighted by Gasteiger charge is -2.35. The number of hydrogen-bond acceptors (Lipinski definition) is 7. The quantitative estimate of drug-likeness (QED) is 0.771. The molecular formula is C21H25ClN2O6. The van der Waals surface area contributed by atoms with Gasteiger partial charge in [-0.15, -0.1) is 12.4 Å². The number of rotatable bonds is 5. The van der Waals surface area contributed by atoms with Crippen LogP contribution in [-0.2, 0) is 6.54 Å². The smallest absolute Gasteiger partial charge is 0.254 e. The lowest BCUT2D eigenvalue weighted by Crippen LogP contribution is -2.48. The lowest BCUT2D eigenvalue weighted by atomic mass is 10.1. The molecule has 4 rings (SSSR count). The highest BCUT2D eigenvalue weighted by molar-refractivity contribution is 5.95. The number of amides is 1. The molecule has 1 fully saturated rings. The molecule has 2 aliphatic rings. The fourth-order valence-electron chi connectivity index (χ4n) is 3.61. The van der Waals surface area contributed by atoms with E-state index in [1.807, 2.05) is 18.2 Å². The Kier molecular flexibility index (Phi) is 6.79. The SMILES string of the molecule is COc1cc(C(=O)N2CCN(Cc3ccc4c(c3)OCO4)CC2)cc(OC)c1O.Cl. The molecule has 162 valence electrons. The molecule has 8 nitrogen and oxygen atoms in total. The average Bonchev–Trinajstić information content (AvgIpc) is 3.22. The van der Waals surface area contributed by atoms with Crippen molar-refractivity contribution < 1.29 is 28.8 Å². The molecule has 0 spiro atoms. The Labute approximate surface area is 181 Å². The van der Waals surface area contributed by atoms with Gasteiger partial charge >= 0.3 is 0 Å². The van der Waals surface area contributed by atoms with E-state index >= 15 is 0 Å². The van der Waals surface area contributed by atoms with Crippen LogP contribution in [0, 0.1) is 0 Å². The second-order valence-electron chi connectivity index (χ2n) is 6.99. The normalized spacial score (nSPS) is 15.5. The second kappa shape index (κ2) is 9.32. The summed E-state index contributed by atoms with van der Waals surface area (Å²) >= 11 is 0. The maximum absolute atomic E-state index is 12.9. The van der Waals surface area contributed by atoms with E-state index in [1.54, 1.807) is 17.0 Å². The number of aromatic hydroxyl groups is 1. The monoisotopic (exact) mass is 436 g/mol. The van der Waals surface area contributed by atoms with E-state index in [2.05, 4.69) is 4.90 Å². The minimum Gasteiger partial charge on any atom is -0.502 e. The van der Waals surface area contributed by atoms with Gasteiger partial charge in [-0.1, -0.05) is 6.07 Å². The third-order valence-electron chi connectivity index (χ3n) is 5.23. The number of carbonyl (C=O) groups excluding carboxylic acids is 1. The number of carbonyl (C=O) groups is 1. The van der Waals surface area contributed by atoms with Crippen molar-refractivity contribution in [3.05, 3.63) is 41.5 Å². The van der Waals surface area contributed by atoms with Gasteiger partial charge in [-0.3, -0.25) is 9.69 Å². The molecule has 9 heteroatoms. The maximum Gasteiger partial charge on any atom is 0.254 e. The molecule has 1 saturated heterocycles. The number of phenols is 1. The number of piperazine rings is 1. The highest BCUT2D eigenvalue weighted by Gasteiger charge is 2.25. The minimum atomic E-state index is -0.111. The number of benzene rings is 2. The summed E-state index contributed by atoms with van der Waals surface area (Å²) in [6, 6.07) is 9.07. The standard InChI is InChI=1S/C21H24N2O6.ClH/c1-26-18-10-15(11-19(27-2)20(18)24)21(25)23-7-5-22(6-8-23)12-14-3-4-16-17(9-14)29-13-28-16;/h3-4,9-11,24H,5-8,12-13H2,1-2H3;1H. The zero-order valence-electron chi connectivity index (χ0n) is 16.9. The molecule has 0 aromatic heterocycles. The zero-order chi connectivity index (χ0) is 20.4. The van der Waals surface area contributed by atoms with Crippen LogP contribution in [-0.4, -0.2) is 68.0 Å². The van der Waals surface area contributed by atoms with Crippen LogP contribution in [0.25, 0.3) is 0 Å². The van der Waals surface area contributed by atoms with Crippen molar-refractivity contribution in [2.75, 3.05) is 47.2 Å². The highest BCUT2D eigenvalue weighted by atomic mass is 35.5. The number of hydrogen-bond donors (Lipinski definition) is 1. The third kappa shape index (κ3) is 4.34. The van der Waals surface area contributed by atoms with Crippen LogP contribution in [0.1, 0.15) is 15.9 Å². The first-order valence-electron chi connectivity index (χ1n) is 9.44. The first-order valence-corrected chi connectivity index (χ1v) is 9.44. The maximum atomic E-state index is 12.9. The van der Waals surface area contributed by atoms with Gasteiger partial charge in [0.15, 0.2) is 23.0 Å². The summed E-state index contributed by atoms with van der Waals surface area (Å²) in [5, 5.41) is 10.0. The Morgan fingerprint density at radius 3 is 2.27 bits per heavy atom. The van der Waals surface area contributed by atoms with Gasteiger partial charge in [0.05, 0.1) is 14.2 Å². The van der Waals surface area contributed by atoms with Crippen LogP contribution < -0.4 is 18.9 Å². The van der Waals surface area contributed by atoms with E-state index < -0.39 is 0 Å². The summed E-state index contributed by atoms with van der Waals surface area (Å²) < 4.78 is 21.1. The third-order valence-corrected chi connectivity index (χ3v) is 5.23.